The number of carbonyl (C=O) groups excluding carboxylic acids is 1. The normalized spacial score (nSPS) is 14.5. The molecule has 2 aromatic carbocycles. The third kappa shape index (κ3) is 4.54. The molecule has 0 saturated carbocycles. The molecule has 0 spiro atoms. The molecule has 1 aliphatic heterocycles. The first-order valence-electron chi connectivity index (χ1n) is 10.6. The van der Waals surface area contributed by atoms with Gasteiger partial charge in [0.25, 0.3) is 5.91 Å². The van der Waals surface area contributed by atoms with Gasteiger partial charge in [-0.1, -0.05) is 30.3 Å². The van der Waals surface area contributed by atoms with Crippen molar-refractivity contribution >= 4 is 17.3 Å². The van der Waals surface area contributed by atoms with E-state index in [4.69, 9.17) is 4.74 Å². The van der Waals surface area contributed by atoms with E-state index in [1.807, 2.05) is 69.3 Å². The lowest BCUT2D eigenvalue weighted by Crippen LogP contribution is -2.36. The third-order valence-electron chi connectivity index (χ3n) is 5.68. The van der Waals surface area contributed by atoms with Gasteiger partial charge in [-0.05, 0) is 56.7 Å². The van der Waals surface area contributed by atoms with E-state index in [-0.39, 0.29) is 5.91 Å². The molecular weight excluding hydrogens is 388 g/mol. The number of anilines is 1. The van der Waals surface area contributed by atoms with Gasteiger partial charge in [0, 0.05) is 35.9 Å². The summed E-state index contributed by atoms with van der Waals surface area (Å²) < 4.78 is 7.49. The van der Waals surface area contributed by atoms with Crippen molar-refractivity contribution in [1.29, 1.82) is 0 Å². The van der Waals surface area contributed by atoms with Crippen molar-refractivity contribution in [3.63, 3.8) is 0 Å². The van der Waals surface area contributed by atoms with Crippen LogP contribution in [-0.4, -0.2) is 42.5 Å². The maximum absolute atomic E-state index is 12.8. The molecule has 31 heavy (non-hydrogen) atoms. The van der Waals surface area contributed by atoms with Gasteiger partial charge in [-0.15, -0.1) is 0 Å². The average molecular weight is 417 g/mol. The zero-order valence-electron chi connectivity index (χ0n) is 18.3. The minimum absolute atomic E-state index is 0.209. The van der Waals surface area contributed by atoms with Crippen molar-refractivity contribution in [2.24, 2.45) is 5.10 Å². The first-order chi connectivity index (χ1) is 15.0. The molecule has 0 radical (unpaired) electrons. The molecule has 6 heteroatoms. The number of benzene rings is 2. The van der Waals surface area contributed by atoms with Crippen LogP contribution in [0.4, 0.5) is 5.69 Å². The number of nitrogens with zero attached hydrogens (tertiary/aromatic N) is 3. The van der Waals surface area contributed by atoms with Gasteiger partial charge in [0.05, 0.1) is 24.5 Å². The van der Waals surface area contributed by atoms with Crippen LogP contribution in [0.15, 0.2) is 65.8 Å². The van der Waals surface area contributed by atoms with E-state index in [1.54, 1.807) is 0 Å². The van der Waals surface area contributed by atoms with Crippen LogP contribution in [-0.2, 0) is 4.74 Å². The lowest BCUT2D eigenvalue weighted by molar-refractivity contribution is 0.0954. The zero-order chi connectivity index (χ0) is 21.8. The SMILES string of the molecule is C/C(=N\NC(=O)c1cc(C)n(-c2ccccc2)c1C)c1ccc(N2CCOCC2)cc1. The van der Waals surface area contributed by atoms with Crippen LogP contribution < -0.4 is 10.3 Å². The molecule has 0 unspecified atom stereocenters. The Labute approximate surface area is 183 Å². The second-order valence-corrected chi connectivity index (χ2v) is 7.74. The standard InChI is InChI=1S/C25H28N4O2/c1-18-17-24(20(3)29(18)23-7-5-4-6-8-23)25(30)27-26-19(2)21-9-11-22(12-10-21)28-13-15-31-16-14-28/h4-12,17H,13-16H2,1-3H3,(H,27,30)/b26-19+. The Morgan fingerprint density at radius 1 is 0.968 bits per heavy atom. The number of carbonyl (C=O) groups is 1. The molecule has 0 atom stereocenters. The fourth-order valence-electron chi connectivity index (χ4n) is 3.96. The Hall–Kier alpha value is -3.38. The van der Waals surface area contributed by atoms with Gasteiger partial charge in [0.15, 0.2) is 0 Å². The highest BCUT2D eigenvalue weighted by Gasteiger charge is 2.16. The molecule has 2 heterocycles. The molecule has 1 fully saturated rings. The third-order valence-corrected chi connectivity index (χ3v) is 5.68. The Morgan fingerprint density at radius 2 is 1.65 bits per heavy atom. The fourth-order valence-corrected chi connectivity index (χ4v) is 3.96. The summed E-state index contributed by atoms with van der Waals surface area (Å²) in [6.07, 6.45) is 0. The highest BCUT2D eigenvalue weighted by molar-refractivity contribution is 6.01. The van der Waals surface area contributed by atoms with Gasteiger partial charge in [-0.2, -0.15) is 5.10 Å². The maximum Gasteiger partial charge on any atom is 0.273 e. The lowest BCUT2D eigenvalue weighted by Gasteiger charge is -2.28. The Morgan fingerprint density at radius 3 is 2.32 bits per heavy atom. The monoisotopic (exact) mass is 416 g/mol. The number of amides is 1. The van der Waals surface area contributed by atoms with E-state index in [0.717, 1.165) is 54.7 Å². The van der Waals surface area contributed by atoms with E-state index < -0.39 is 0 Å². The van der Waals surface area contributed by atoms with E-state index in [2.05, 4.69) is 32.1 Å². The zero-order valence-corrected chi connectivity index (χ0v) is 18.3. The van der Waals surface area contributed by atoms with Crippen LogP contribution in [0.5, 0.6) is 0 Å². The first kappa shape index (κ1) is 20.9. The summed E-state index contributed by atoms with van der Waals surface area (Å²) in [5.74, 6) is -0.209. The van der Waals surface area contributed by atoms with Crippen LogP contribution in [0.3, 0.4) is 0 Å². The first-order valence-corrected chi connectivity index (χ1v) is 10.6. The highest BCUT2D eigenvalue weighted by Crippen LogP contribution is 2.21. The Balaban J connectivity index is 1.46. The molecule has 0 aliphatic carbocycles. The summed E-state index contributed by atoms with van der Waals surface area (Å²) >= 11 is 0. The number of rotatable bonds is 5. The van der Waals surface area contributed by atoms with Crippen molar-refractivity contribution in [3.05, 3.63) is 83.2 Å². The Kier molecular flexibility index (Phi) is 6.18. The molecule has 4 rings (SSSR count). The van der Waals surface area contributed by atoms with Crippen LogP contribution >= 0.6 is 0 Å². The number of aryl methyl sites for hydroxylation is 1. The predicted molar refractivity (Wildman–Crippen MR) is 124 cm³/mol. The van der Waals surface area contributed by atoms with Gasteiger partial charge < -0.3 is 14.2 Å². The molecule has 6 nitrogen and oxygen atoms in total. The molecule has 1 saturated heterocycles. The number of hydrazone groups is 1. The minimum Gasteiger partial charge on any atom is -0.378 e. The number of aromatic nitrogens is 1. The fraction of sp³-hybridized carbons (Fsp3) is 0.280. The second kappa shape index (κ2) is 9.18. The van der Waals surface area contributed by atoms with Crippen LogP contribution in [0, 0.1) is 13.8 Å². The number of hydrogen-bond donors (Lipinski definition) is 1. The van der Waals surface area contributed by atoms with E-state index in [0.29, 0.717) is 5.56 Å². The minimum atomic E-state index is -0.209. The van der Waals surface area contributed by atoms with E-state index in [1.165, 1.54) is 5.69 Å². The summed E-state index contributed by atoms with van der Waals surface area (Å²) in [6.45, 7) is 9.19. The average Bonchev–Trinajstić information content (AvgIpc) is 3.12. The van der Waals surface area contributed by atoms with Gasteiger partial charge >= 0.3 is 0 Å². The number of hydrogen-bond acceptors (Lipinski definition) is 4. The molecule has 1 aliphatic rings. The smallest absolute Gasteiger partial charge is 0.273 e. The molecular formula is C25H28N4O2. The number of morpholine rings is 1. The van der Waals surface area contributed by atoms with Crippen LogP contribution in [0.2, 0.25) is 0 Å². The van der Waals surface area contributed by atoms with Gasteiger partial charge in [-0.3, -0.25) is 4.79 Å². The molecule has 1 N–H and O–H groups in total. The van der Waals surface area contributed by atoms with Crippen molar-refractivity contribution in [2.45, 2.75) is 20.8 Å². The molecule has 3 aromatic rings. The molecule has 1 aromatic heterocycles. The number of ether oxygens (including phenoxy) is 1. The van der Waals surface area contributed by atoms with E-state index in [9.17, 15) is 4.79 Å². The number of nitrogens with one attached hydrogen (secondary N) is 1. The van der Waals surface area contributed by atoms with Gasteiger partial charge in [0.1, 0.15) is 0 Å². The Bertz CT molecular complexity index is 1080. The van der Waals surface area contributed by atoms with Crippen LogP contribution in [0.1, 0.15) is 34.2 Å². The molecule has 1 amide bonds. The molecule has 0 bridgehead atoms. The summed E-state index contributed by atoms with van der Waals surface area (Å²) in [5.41, 5.74) is 9.20. The van der Waals surface area contributed by atoms with E-state index >= 15 is 0 Å². The summed E-state index contributed by atoms with van der Waals surface area (Å²) in [4.78, 5) is 15.1. The summed E-state index contributed by atoms with van der Waals surface area (Å²) in [5, 5.41) is 4.34. The van der Waals surface area contributed by atoms with Crippen molar-refractivity contribution in [2.75, 3.05) is 31.2 Å². The predicted octanol–water partition coefficient (Wildman–Crippen LogP) is 4.08. The topological polar surface area (TPSA) is 58.9 Å². The number of para-hydroxylation sites is 1. The van der Waals surface area contributed by atoms with Gasteiger partial charge in [-0.25, -0.2) is 5.43 Å². The van der Waals surface area contributed by atoms with Crippen molar-refractivity contribution in [1.82, 2.24) is 9.99 Å². The second-order valence-electron chi connectivity index (χ2n) is 7.74. The lowest BCUT2D eigenvalue weighted by atomic mass is 10.1. The van der Waals surface area contributed by atoms with Gasteiger partial charge in [0.2, 0.25) is 0 Å². The largest absolute Gasteiger partial charge is 0.378 e. The van der Waals surface area contributed by atoms with Crippen molar-refractivity contribution in [3.8, 4) is 5.69 Å². The summed E-state index contributed by atoms with van der Waals surface area (Å²) in [6, 6.07) is 20.2. The molecule has 160 valence electrons. The highest BCUT2D eigenvalue weighted by atomic mass is 16.5. The van der Waals surface area contributed by atoms with Crippen LogP contribution in [0.25, 0.3) is 5.69 Å². The summed E-state index contributed by atoms with van der Waals surface area (Å²) in [7, 11) is 0. The maximum atomic E-state index is 12.8. The quantitative estimate of drug-likeness (QED) is 0.504. The van der Waals surface area contributed by atoms with Crippen molar-refractivity contribution < 1.29 is 9.53 Å².